The number of carbonyl (C=O) groups excluding carboxylic acids is 4. The van der Waals surface area contributed by atoms with E-state index in [4.69, 9.17) is 34.2 Å². The highest BCUT2D eigenvalue weighted by Gasteiger charge is 2.46. The Balaban J connectivity index is 0.000000251. The number of anilines is 2. The SMILES string of the molecule is CC(=O)CCC(C)(C)CN(CC(O)[C@H](Cc1ccccc1)NC(=O)OC1COC2OCCC12)S(=O)(=O)c1cccc(N(C)C)c1.CC(=O)CCC(C)(C)CN(CC(O)[C@H](Cc1ccccc1)NC(=O)OC1COC2OCCC12)S(=O)(=O)c1cccc(N)c1. The van der Waals surface area contributed by atoms with Crippen molar-refractivity contribution in [3.63, 3.8) is 0 Å². The zero-order valence-corrected chi connectivity index (χ0v) is 53.5. The lowest BCUT2D eigenvalue weighted by Crippen LogP contribution is -2.52. The number of aliphatic hydroxyl groups excluding tert-OH is 2. The molecule has 4 aliphatic rings. The summed E-state index contributed by atoms with van der Waals surface area (Å²) in [5.74, 6) is -0.0828. The van der Waals surface area contributed by atoms with Crippen LogP contribution in [0, 0.1) is 22.7 Å². The number of sulfonamides is 2. The molecule has 8 unspecified atom stereocenters. The smallest absolute Gasteiger partial charge is 0.407 e. The molecule has 484 valence electrons. The van der Waals surface area contributed by atoms with Crippen molar-refractivity contribution in [1.82, 2.24) is 19.2 Å². The zero-order valence-electron chi connectivity index (χ0n) is 51.8. The van der Waals surface area contributed by atoms with Crippen LogP contribution in [0.1, 0.15) is 91.2 Å². The molecule has 8 rings (SSSR count). The summed E-state index contributed by atoms with van der Waals surface area (Å²) in [7, 11) is -4.56. The third-order valence-electron chi connectivity index (χ3n) is 16.4. The molecule has 22 nitrogen and oxygen atoms in total. The molecule has 24 heteroatoms. The Morgan fingerprint density at radius 1 is 0.602 bits per heavy atom. The second-order valence-electron chi connectivity index (χ2n) is 25.2. The van der Waals surface area contributed by atoms with Crippen molar-refractivity contribution in [3.05, 3.63) is 120 Å². The second kappa shape index (κ2) is 31.1. The lowest BCUT2D eigenvalue weighted by Gasteiger charge is -2.35. The molecule has 0 aromatic heterocycles. The van der Waals surface area contributed by atoms with E-state index in [9.17, 15) is 46.2 Å². The highest BCUT2D eigenvalue weighted by molar-refractivity contribution is 7.89. The molecule has 4 aromatic carbocycles. The maximum atomic E-state index is 14.2. The van der Waals surface area contributed by atoms with Crippen molar-refractivity contribution in [1.29, 1.82) is 0 Å². The number of aliphatic hydroxyl groups is 2. The van der Waals surface area contributed by atoms with Crippen molar-refractivity contribution in [3.8, 4) is 0 Å². The fourth-order valence-electron chi connectivity index (χ4n) is 11.2. The number of nitrogens with one attached hydrogen (secondary N) is 2. The molecule has 4 saturated heterocycles. The minimum atomic E-state index is -4.12. The van der Waals surface area contributed by atoms with Gasteiger partial charge in [0.25, 0.3) is 0 Å². The third-order valence-corrected chi connectivity index (χ3v) is 20.0. The molecule has 4 aromatic rings. The number of benzene rings is 4. The Morgan fingerprint density at radius 3 is 1.41 bits per heavy atom. The van der Waals surface area contributed by atoms with Gasteiger partial charge in [-0.15, -0.1) is 0 Å². The first kappa shape index (κ1) is 69.4. The van der Waals surface area contributed by atoms with Crippen molar-refractivity contribution in [2.75, 3.05) is 77.3 Å². The number of alkyl carbamates (subject to hydrolysis) is 2. The summed E-state index contributed by atoms with van der Waals surface area (Å²) in [6.45, 7) is 11.6. The van der Waals surface area contributed by atoms with Gasteiger partial charge >= 0.3 is 12.2 Å². The van der Waals surface area contributed by atoms with Gasteiger partial charge in [0.15, 0.2) is 12.6 Å². The molecule has 0 radical (unpaired) electrons. The normalized spacial score (nSPS) is 21.5. The highest BCUT2D eigenvalue weighted by Crippen LogP contribution is 2.36. The number of fused-ring (bicyclic) bond motifs is 2. The van der Waals surface area contributed by atoms with Crippen LogP contribution in [0.5, 0.6) is 0 Å². The molecule has 2 amide bonds. The predicted molar refractivity (Wildman–Crippen MR) is 331 cm³/mol. The molecule has 4 fully saturated rings. The first-order valence-electron chi connectivity index (χ1n) is 30.1. The van der Waals surface area contributed by atoms with Crippen molar-refractivity contribution >= 4 is 55.2 Å². The van der Waals surface area contributed by atoms with Gasteiger partial charge in [0.1, 0.15) is 23.8 Å². The molecule has 0 saturated carbocycles. The summed E-state index contributed by atoms with van der Waals surface area (Å²) in [6, 6.07) is 29.5. The number of rotatable bonds is 29. The van der Waals surface area contributed by atoms with Crippen LogP contribution in [0.2, 0.25) is 0 Å². The lowest BCUT2D eigenvalue weighted by atomic mass is 9.87. The van der Waals surface area contributed by atoms with E-state index in [1.165, 1.54) is 40.7 Å². The van der Waals surface area contributed by atoms with E-state index in [0.29, 0.717) is 44.6 Å². The third kappa shape index (κ3) is 20.0. The highest BCUT2D eigenvalue weighted by atomic mass is 32.2. The lowest BCUT2D eigenvalue weighted by molar-refractivity contribution is -0.118. The Labute approximate surface area is 518 Å². The Kier molecular flexibility index (Phi) is 24.5. The maximum absolute atomic E-state index is 14.2. The number of ketones is 2. The van der Waals surface area contributed by atoms with Crippen LogP contribution in [-0.4, -0.2) is 175 Å². The molecule has 10 atom stereocenters. The van der Waals surface area contributed by atoms with Gasteiger partial charge in [-0.1, -0.05) is 100 Å². The summed E-state index contributed by atoms with van der Waals surface area (Å²) in [6.07, 6.45) is -2.35. The fourth-order valence-corrected chi connectivity index (χ4v) is 14.6. The van der Waals surface area contributed by atoms with Crippen molar-refractivity contribution in [2.24, 2.45) is 22.7 Å². The molecule has 4 aliphatic heterocycles. The van der Waals surface area contributed by atoms with Crippen LogP contribution in [-0.2, 0) is 70.9 Å². The molecule has 88 heavy (non-hydrogen) atoms. The van der Waals surface area contributed by atoms with E-state index in [2.05, 4.69) is 10.6 Å². The van der Waals surface area contributed by atoms with E-state index < -0.39 is 79.6 Å². The van der Waals surface area contributed by atoms with Crippen LogP contribution in [0.3, 0.4) is 0 Å². The first-order valence-corrected chi connectivity index (χ1v) is 32.9. The van der Waals surface area contributed by atoms with Crippen LogP contribution < -0.4 is 21.3 Å². The van der Waals surface area contributed by atoms with Gasteiger partial charge in [0.05, 0.1) is 72.3 Å². The van der Waals surface area contributed by atoms with Gasteiger partial charge in [0.2, 0.25) is 20.0 Å². The van der Waals surface area contributed by atoms with Crippen LogP contribution in [0.25, 0.3) is 0 Å². The van der Waals surface area contributed by atoms with Gasteiger partial charge in [0, 0.05) is 64.5 Å². The number of amides is 2. The van der Waals surface area contributed by atoms with Gasteiger partial charge in [-0.3, -0.25) is 0 Å². The van der Waals surface area contributed by atoms with Gasteiger partial charge in [-0.05, 0) is 111 Å². The van der Waals surface area contributed by atoms with Gasteiger partial charge in [-0.2, -0.15) is 8.61 Å². The second-order valence-corrected chi connectivity index (χ2v) is 29.1. The molecule has 0 bridgehead atoms. The quantitative estimate of drug-likeness (QED) is 0.0353. The number of nitrogens with zero attached hydrogens (tertiary/aromatic N) is 3. The summed E-state index contributed by atoms with van der Waals surface area (Å²) >= 11 is 0. The Hall–Kier alpha value is -6.06. The average molecular weight is 1260 g/mol. The molecule has 0 spiro atoms. The van der Waals surface area contributed by atoms with E-state index in [1.54, 1.807) is 24.3 Å². The van der Waals surface area contributed by atoms with Gasteiger partial charge < -0.3 is 69.5 Å². The summed E-state index contributed by atoms with van der Waals surface area (Å²) in [5, 5.41) is 28.9. The largest absolute Gasteiger partial charge is 0.443 e. The first-order chi connectivity index (χ1) is 41.6. The molecule has 4 heterocycles. The Bertz CT molecular complexity index is 3180. The molecule has 0 aliphatic carbocycles. The standard InChI is InChI=1S/C33H47N3O8S.C31H43N3O8S/c1-23(37)14-16-33(2,3)22-36(45(40,41)26-13-9-12-25(19-26)35(4)5)20-29(38)28(18-24-10-7-6-8-11-24)34-32(39)44-30-21-43-31-27(30)15-17-42-31;1-21(35)12-14-31(2,3)20-34(43(38,39)24-11-7-10-23(32)17-24)18-27(36)26(16-22-8-5-4-6-9-22)33-30(37)42-28-19-41-29-25(28)13-15-40-29/h6-13,19,27-31,38H,14-18,20-22H2,1-5H3,(H,34,39);4-11,17,25-29,36H,12-16,18-20,32H2,1-3H3,(H,33,37)/t27?,28-,29?,30?,31?;25?,26-,27?,28?,29?/m00/s1. The maximum Gasteiger partial charge on any atom is 0.407 e. The Morgan fingerprint density at radius 2 is 1.01 bits per heavy atom. The molecular weight excluding hydrogens is 1170 g/mol. The molecule has 6 N–H and O–H groups in total. The number of ether oxygens (including phenoxy) is 6. The topological polar surface area (TPSA) is 292 Å². The van der Waals surface area contributed by atoms with Crippen LogP contribution >= 0.6 is 0 Å². The average Bonchev–Trinajstić information content (AvgIpc) is 2.31. The van der Waals surface area contributed by atoms with E-state index >= 15 is 0 Å². The zero-order chi connectivity index (χ0) is 64.0. The number of hydrogen-bond donors (Lipinski definition) is 5. The fraction of sp³-hybridized carbons (Fsp3) is 0.562. The summed E-state index contributed by atoms with van der Waals surface area (Å²) in [4.78, 5) is 51.6. The minimum Gasteiger partial charge on any atom is -0.443 e. The number of nitrogen functional groups attached to an aromatic ring is 1. The molecular formula is C64H90N6O16S2. The van der Waals surface area contributed by atoms with Gasteiger partial charge in [-0.25, -0.2) is 26.4 Å². The number of nitrogens with two attached hydrogens (primary N) is 1. The van der Waals surface area contributed by atoms with Crippen LogP contribution in [0.4, 0.5) is 21.0 Å². The van der Waals surface area contributed by atoms with Crippen molar-refractivity contribution < 1.29 is 74.6 Å². The van der Waals surface area contributed by atoms with E-state index in [1.807, 2.05) is 113 Å². The van der Waals surface area contributed by atoms with E-state index in [-0.39, 0.29) is 104 Å². The predicted octanol–water partition coefficient (Wildman–Crippen LogP) is 6.71. The number of hydrogen-bond acceptors (Lipinski definition) is 18. The summed E-state index contributed by atoms with van der Waals surface area (Å²) in [5.41, 5.74) is 7.42. The monoisotopic (exact) mass is 1260 g/mol. The number of Topliss-reactive ketones (excluding diaryl/α,β-unsaturated/α-hetero) is 2. The van der Waals surface area contributed by atoms with E-state index in [0.717, 1.165) is 24.0 Å². The number of carbonyl (C=O) groups is 4. The van der Waals surface area contributed by atoms with Crippen molar-refractivity contribution in [2.45, 2.75) is 152 Å². The summed E-state index contributed by atoms with van der Waals surface area (Å²) < 4.78 is 92.4. The van der Waals surface area contributed by atoms with Crippen LogP contribution in [0.15, 0.2) is 119 Å². The minimum absolute atomic E-state index is 0.00661.